The van der Waals surface area contributed by atoms with E-state index in [0.717, 1.165) is 18.6 Å². The van der Waals surface area contributed by atoms with Crippen LogP contribution in [0.5, 0.6) is 5.75 Å². The number of allylic oxidation sites excluding steroid dienone is 2. The lowest BCUT2D eigenvalue weighted by Crippen LogP contribution is -2.29. The summed E-state index contributed by atoms with van der Waals surface area (Å²) in [6.45, 7) is 2.11. The van der Waals surface area contributed by atoms with E-state index in [4.69, 9.17) is 4.74 Å². The van der Waals surface area contributed by atoms with Gasteiger partial charge in [0, 0.05) is 6.42 Å². The van der Waals surface area contributed by atoms with Gasteiger partial charge >= 0.3 is 0 Å². The molecule has 0 unspecified atom stereocenters. The highest BCUT2D eigenvalue weighted by atomic mass is 16.5. The fourth-order valence-corrected chi connectivity index (χ4v) is 3.87. The average Bonchev–Trinajstić information content (AvgIpc) is 2.82. The van der Waals surface area contributed by atoms with Crippen molar-refractivity contribution in [1.29, 1.82) is 0 Å². The van der Waals surface area contributed by atoms with Crippen molar-refractivity contribution in [2.45, 2.75) is 26.2 Å². The van der Waals surface area contributed by atoms with Gasteiger partial charge in [0.25, 0.3) is 0 Å². The Morgan fingerprint density at radius 3 is 2.86 bits per heavy atom. The SMILES string of the molecule is COc1ccc2c3c(ccc2c1)C1=CCC(=O)[C@@]1(C)CC3. The third kappa shape index (κ3) is 1.62. The summed E-state index contributed by atoms with van der Waals surface area (Å²) >= 11 is 0. The third-order valence-corrected chi connectivity index (χ3v) is 5.21. The lowest BCUT2D eigenvalue weighted by atomic mass is 9.69. The second-order valence-corrected chi connectivity index (χ2v) is 6.26. The zero-order valence-corrected chi connectivity index (χ0v) is 12.4. The molecule has 0 bridgehead atoms. The van der Waals surface area contributed by atoms with E-state index in [1.807, 2.05) is 6.07 Å². The number of Topliss-reactive ketones (excluding diaryl/α,β-unsaturated/α-hetero) is 1. The number of benzene rings is 2. The van der Waals surface area contributed by atoms with Crippen molar-refractivity contribution in [3.8, 4) is 5.75 Å². The number of fused-ring (bicyclic) bond motifs is 5. The van der Waals surface area contributed by atoms with Gasteiger partial charge in [-0.25, -0.2) is 0 Å². The van der Waals surface area contributed by atoms with E-state index >= 15 is 0 Å². The fraction of sp³-hybridized carbons (Fsp3) is 0.316. The summed E-state index contributed by atoms with van der Waals surface area (Å²) in [5, 5.41) is 2.50. The van der Waals surface area contributed by atoms with Crippen LogP contribution in [0.4, 0.5) is 0 Å². The molecule has 0 spiro atoms. The summed E-state index contributed by atoms with van der Waals surface area (Å²) < 4.78 is 5.31. The lowest BCUT2D eigenvalue weighted by Gasteiger charge is -2.33. The Hall–Kier alpha value is -2.09. The van der Waals surface area contributed by atoms with Crippen molar-refractivity contribution < 1.29 is 9.53 Å². The Labute approximate surface area is 124 Å². The van der Waals surface area contributed by atoms with Crippen molar-refractivity contribution in [3.05, 3.63) is 47.5 Å². The quantitative estimate of drug-likeness (QED) is 0.783. The molecule has 0 N–H and O–H groups in total. The maximum Gasteiger partial charge on any atom is 0.146 e. The molecule has 21 heavy (non-hydrogen) atoms. The van der Waals surface area contributed by atoms with Crippen molar-refractivity contribution >= 4 is 22.1 Å². The lowest BCUT2D eigenvalue weighted by molar-refractivity contribution is -0.123. The van der Waals surface area contributed by atoms with E-state index in [1.165, 1.54) is 27.5 Å². The number of ether oxygens (including phenoxy) is 1. The van der Waals surface area contributed by atoms with E-state index < -0.39 is 0 Å². The highest BCUT2D eigenvalue weighted by Crippen LogP contribution is 2.51. The van der Waals surface area contributed by atoms with Crippen molar-refractivity contribution in [2.75, 3.05) is 7.11 Å². The van der Waals surface area contributed by atoms with Crippen LogP contribution in [-0.4, -0.2) is 12.9 Å². The molecule has 0 amide bonds. The largest absolute Gasteiger partial charge is 0.497 e. The first-order chi connectivity index (χ1) is 10.1. The van der Waals surface area contributed by atoms with Gasteiger partial charge in [0.1, 0.15) is 11.5 Å². The molecule has 0 saturated heterocycles. The minimum Gasteiger partial charge on any atom is -0.497 e. The minimum absolute atomic E-state index is 0.257. The van der Waals surface area contributed by atoms with Gasteiger partial charge in [-0.15, -0.1) is 0 Å². The molecule has 2 nitrogen and oxygen atoms in total. The van der Waals surface area contributed by atoms with Crippen LogP contribution in [0.15, 0.2) is 36.4 Å². The number of ketones is 1. The normalized spacial score (nSPS) is 23.7. The predicted molar refractivity (Wildman–Crippen MR) is 84.5 cm³/mol. The first-order valence-corrected chi connectivity index (χ1v) is 7.47. The minimum atomic E-state index is -0.257. The molecule has 106 valence electrons. The summed E-state index contributed by atoms with van der Waals surface area (Å²) in [7, 11) is 1.69. The van der Waals surface area contributed by atoms with Crippen LogP contribution in [0.25, 0.3) is 16.3 Å². The summed E-state index contributed by atoms with van der Waals surface area (Å²) in [5.74, 6) is 1.26. The summed E-state index contributed by atoms with van der Waals surface area (Å²) in [6.07, 6.45) is 4.62. The number of rotatable bonds is 1. The molecule has 0 aromatic heterocycles. The number of carbonyl (C=O) groups is 1. The van der Waals surface area contributed by atoms with E-state index in [0.29, 0.717) is 12.2 Å². The number of carbonyl (C=O) groups excluding carboxylic acids is 1. The van der Waals surface area contributed by atoms with Crippen LogP contribution >= 0.6 is 0 Å². The number of hydrogen-bond acceptors (Lipinski definition) is 2. The number of aryl methyl sites for hydroxylation is 1. The zero-order chi connectivity index (χ0) is 14.6. The standard InChI is InChI=1S/C19H18O2/c1-19-10-9-15-14-6-4-13(21-2)11-12(14)3-5-16(15)17(19)7-8-18(19)20/h3-7,11H,8-10H2,1-2H3/t19-/m0/s1. The molecule has 0 heterocycles. The van der Waals surface area contributed by atoms with E-state index in [9.17, 15) is 4.79 Å². The molecule has 0 fully saturated rings. The Morgan fingerprint density at radius 2 is 2.05 bits per heavy atom. The first-order valence-electron chi connectivity index (χ1n) is 7.47. The van der Waals surface area contributed by atoms with Crippen molar-refractivity contribution in [2.24, 2.45) is 5.41 Å². The van der Waals surface area contributed by atoms with Crippen LogP contribution in [0.2, 0.25) is 0 Å². The molecule has 0 radical (unpaired) electrons. The second kappa shape index (κ2) is 4.20. The monoisotopic (exact) mass is 278 g/mol. The molecule has 0 aliphatic heterocycles. The van der Waals surface area contributed by atoms with Crippen molar-refractivity contribution in [1.82, 2.24) is 0 Å². The molecule has 2 aromatic carbocycles. The Kier molecular flexibility index (Phi) is 2.53. The summed E-state index contributed by atoms with van der Waals surface area (Å²) in [5.41, 5.74) is 3.64. The Balaban J connectivity index is 1.95. The second-order valence-electron chi connectivity index (χ2n) is 6.26. The predicted octanol–water partition coefficient (Wildman–Crippen LogP) is 4.16. The van der Waals surface area contributed by atoms with Gasteiger partial charge in [-0.2, -0.15) is 0 Å². The smallest absolute Gasteiger partial charge is 0.146 e. The van der Waals surface area contributed by atoms with Gasteiger partial charge in [-0.3, -0.25) is 4.79 Å². The van der Waals surface area contributed by atoms with Crippen LogP contribution in [-0.2, 0) is 11.2 Å². The maximum absolute atomic E-state index is 12.2. The third-order valence-electron chi connectivity index (χ3n) is 5.21. The highest BCUT2D eigenvalue weighted by molar-refractivity contribution is 6.06. The van der Waals surface area contributed by atoms with E-state index in [2.05, 4.69) is 37.3 Å². The van der Waals surface area contributed by atoms with Gasteiger partial charge in [-0.1, -0.05) is 24.3 Å². The zero-order valence-electron chi connectivity index (χ0n) is 12.4. The molecule has 1 atom stereocenters. The molecule has 4 rings (SSSR count). The molecular weight excluding hydrogens is 260 g/mol. The topological polar surface area (TPSA) is 26.3 Å². The Morgan fingerprint density at radius 1 is 1.19 bits per heavy atom. The van der Waals surface area contributed by atoms with Gasteiger partial charge < -0.3 is 4.74 Å². The molecular formula is C19H18O2. The molecule has 2 heteroatoms. The summed E-state index contributed by atoms with van der Waals surface area (Å²) in [6, 6.07) is 10.6. The number of hydrogen-bond donors (Lipinski definition) is 0. The van der Waals surface area contributed by atoms with E-state index in [1.54, 1.807) is 7.11 Å². The van der Waals surface area contributed by atoms with Crippen LogP contribution in [0.1, 0.15) is 30.9 Å². The first kappa shape index (κ1) is 12.6. The fourth-order valence-electron chi connectivity index (χ4n) is 3.87. The molecule has 0 saturated carbocycles. The van der Waals surface area contributed by atoms with Gasteiger partial charge in [0.15, 0.2) is 0 Å². The highest BCUT2D eigenvalue weighted by Gasteiger charge is 2.43. The molecule has 2 aliphatic rings. The van der Waals surface area contributed by atoms with Gasteiger partial charge in [-0.05, 0) is 59.4 Å². The van der Waals surface area contributed by atoms with Crippen LogP contribution in [0.3, 0.4) is 0 Å². The van der Waals surface area contributed by atoms with Gasteiger partial charge in [0.2, 0.25) is 0 Å². The van der Waals surface area contributed by atoms with Gasteiger partial charge in [0.05, 0.1) is 12.5 Å². The molecule has 2 aromatic rings. The average molecular weight is 278 g/mol. The Bertz CT molecular complexity index is 801. The number of methoxy groups -OCH3 is 1. The summed E-state index contributed by atoms with van der Waals surface area (Å²) in [4.78, 5) is 12.2. The molecule has 2 aliphatic carbocycles. The maximum atomic E-state index is 12.2. The van der Waals surface area contributed by atoms with Crippen LogP contribution < -0.4 is 4.74 Å². The van der Waals surface area contributed by atoms with Crippen molar-refractivity contribution in [3.63, 3.8) is 0 Å². The van der Waals surface area contributed by atoms with Crippen LogP contribution in [0, 0.1) is 5.41 Å². The van der Waals surface area contributed by atoms with E-state index in [-0.39, 0.29) is 5.41 Å².